The Balaban J connectivity index is 1.02. The maximum atomic E-state index is 13.5. The molecule has 8 nitrogen and oxygen atoms in total. The molecule has 0 bridgehead atoms. The van der Waals surface area contributed by atoms with Gasteiger partial charge in [-0.05, 0) is 66.2 Å². The minimum Gasteiger partial charge on any atom is -0.454 e. The third-order valence-electron chi connectivity index (χ3n) is 8.39. The molecule has 3 aliphatic heterocycles. The van der Waals surface area contributed by atoms with Gasteiger partial charge in [-0.2, -0.15) is 13.2 Å². The largest absolute Gasteiger partial charge is 0.454 e. The second kappa shape index (κ2) is 11.4. The normalized spacial score (nSPS) is 17.4. The van der Waals surface area contributed by atoms with Gasteiger partial charge in [-0.15, -0.1) is 0 Å². The smallest absolute Gasteiger partial charge is 0.416 e. The van der Waals surface area contributed by atoms with Crippen LogP contribution in [0.15, 0.2) is 91.0 Å². The van der Waals surface area contributed by atoms with E-state index in [1.807, 2.05) is 59.5 Å². The number of ether oxygens (including phenoxy) is 2. The lowest BCUT2D eigenvalue weighted by molar-refractivity contribution is -0.137. The quantitative estimate of drug-likeness (QED) is 0.281. The van der Waals surface area contributed by atoms with Crippen molar-refractivity contribution in [2.45, 2.75) is 18.9 Å². The topological polar surface area (TPSA) is 74.3 Å². The fraction of sp³-hybridized carbons (Fsp3) is 0.235. The Morgan fingerprint density at radius 1 is 0.844 bits per heavy atom. The van der Waals surface area contributed by atoms with Crippen LogP contribution in [0.5, 0.6) is 11.5 Å². The Kier molecular flexibility index (Phi) is 7.23. The molecule has 3 aliphatic rings. The van der Waals surface area contributed by atoms with Crippen LogP contribution in [0, 0.1) is 0 Å². The van der Waals surface area contributed by atoms with E-state index >= 15 is 0 Å². The van der Waals surface area contributed by atoms with E-state index in [9.17, 15) is 22.8 Å². The van der Waals surface area contributed by atoms with Gasteiger partial charge in [0, 0.05) is 60.8 Å². The van der Waals surface area contributed by atoms with Crippen molar-refractivity contribution in [3.8, 4) is 11.5 Å². The van der Waals surface area contributed by atoms with E-state index in [1.54, 1.807) is 28.0 Å². The lowest BCUT2D eigenvalue weighted by atomic mass is 10.1. The first-order valence-electron chi connectivity index (χ1n) is 14.6. The molecule has 1 N–H and O–H groups in total. The first-order chi connectivity index (χ1) is 21.7. The Bertz CT molecular complexity index is 1750. The molecule has 0 spiro atoms. The number of fused-ring (bicyclic) bond motifs is 2. The van der Waals surface area contributed by atoms with Crippen LogP contribution in [0.2, 0.25) is 0 Å². The van der Waals surface area contributed by atoms with Crippen molar-refractivity contribution in [2.75, 3.05) is 43.2 Å². The first kappa shape index (κ1) is 28.6. The predicted octanol–water partition coefficient (Wildman–Crippen LogP) is 6.16. The van der Waals surface area contributed by atoms with Gasteiger partial charge in [-0.3, -0.25) is 9.59 Å². The molecule has 4 aromatic rings. The number of carbonyl (C=O) groups is 2. The lowest BCUT2D eigenvalue weighted by Crippen LogP contribution is -2.48. The van der Waals surface area contributed by atoms with Gasteiger partial charge in [0.05, 0.1) is 5.56 Å². The molecular weight excluding hydrogens is 585 g/mol. The van der Waals surface area contributed by atoms with Crippen molar-refractivity contribution < 1.29 is 32.2 Å². The minimum atomic E-state index is -4.41. The molecule has 3 heterocycles. The SMILES string of the molecule is O=C(c1ccc(NC2c3ccccc3C(=O)N2Cc2ccc3c(c2)OCO3)cc1)N1CCN(c2cccc(C(F)(F)F)c2)CC1. The zero-order valence-electron chi connectivity index (χ0n) is 24.1. The number of rotatable bonds is 6. The van der Waals surface area contributed by atoms with Gasteiger partial charge in [-0.25, -0.2) is 0 Å². The average molecular weight is 615 g/mol. The van der Waals surface area contributed by atoms with Crippen LogP contribution in [0.3, 0.4) is 0 Å². The molecule has 11 heteroatoms. The number of anilines is 2. The van der Waals surface area contributed by atoms with E-state index in [-0.39, 0.29) is 18.6 Å². The number of alkyl halides is 3. The van der Waals surface area contributed by atoms with Crippen molar-refractivity contribution in [2.24, 2.45) is 0 Å². The van der Waals surface area contributed by atoms with E-state index in [4.69, 9.17) is 9.47 Å². The molecule has 1 atom stereocenters. The molecule has 230 valence electrons. The van der Waals surface area contributed by atoms with Gasteiger partial charge < -0.3 is 29.5 Å². The third kappa shape index (κ3) is 5.61. The number of piperazine rings is 1. The van der Waals surface area contributed by atoms with Crippen molar-refractivity contribution in [1.82, 2.24) is 9.80 Å². The van der Waals surface area contributed by atoms with Gasteiger partial charge in [0.15, 0.2) is 11.5 Å². The van der Waals surface area contributed by atoms with Gasteiger partial charge in [-0.1, -0.05) is 30.3 Å². The zero-order chi connectivity index (χ0) is 31.1. The molecule has 4 aromatic carbocycles. The number of carbonyl (C=O) groups excluding carboxylic acids is 2. The number of benzene rings is 4. The molecule has 0 aromatic heterocycles. The highest BCUT2D eigenvalue weighted by atomic mass is 19.4. The van der Waals surface area contributed by atoms with Gasteiger partial charge in [0.2, 0.25) is 6.79 Å². The van der Waals surface area contributed by atoms with E-state index < -0.39 is 17.9 Å². The van der Waals surface area contributed by atoms with Gasteiger partial charge in [0.1, 0.15) is 6.17 Å². The van der Waals surface area contributed by atoms with Crippen molar-refractivity contribution in [1.29, 1.82) is 0 Å². The molecule has 0 saturated carbocycles. The molecule has 1 saturated heterocycles. The summed E-state index contributed by atoms with van der Waals surface area (Å²) >= 11 is 0. The average Bonchev–Trinajstić information content (AvgIpc) is 3.63. The highest BCUT2D eigenvalue weighted by Crippen LogP contribution is 2.38. The number of hydrogen-bond acceptors (Lipinski definition) is 6. The van der Waals surface area contributed by atoms with Crippen LogP contribution in [0.4, 0.5) is 24.5 Å². The third-order valence-corrected chi connectivity index (χ3v) is 8.39. The Morgan fingerprint density at radius 3 is 2.38 bits per heavy atom. The van der Waals surface area contributed by atoms with Crippen LogP contribution in [0.25, 0.3) is 0 Å². The van der Waals surface area contributed by atoms with Gasteiger partial charge >= 0.3 is 6.18 Å². The molecule has 45 heavy (non-hydrogen) atoms. The summed E-state index contributed by atoms with van der Waals surface area (Å²) in [6.07, 6.45) is -4.83. The summed E-state index contributed by atoms with van der Waals surface area (Å²) in [5.74, 6) is 1.10. The molecule has 1 unspecified atom stereocenters. The van der Waals surface area contributed by atoms with E-state index in [2.05, 4.69) is 5.32 Å². The van der Waals surface area contributed by atoms with E-state index in [0.29, 0.717) is 61.0 Å². The number of hydrogen-bond donors (Lipinski definition) is 1. The highest BCUT2D eigenvalue weighted by Gasteiger charge is 2.37. The minimum absolute atomic E-state index is 0.0863. The molecule has 1 fully saturated rings. The predicted molar refractivity (Wildman–Crippen MR) is 161 cm³/mol. The number of halogens is 3. The maximum absolute atomic E-state index is 13.5. The highest BCUT2D eigenvalue weighted by molar-refractivity contribution is 5.99. The number of nitrogens with one attached hydrogen (secondary N) is 1. The molecule has 7 rings (SSSR count). The Hall–Kier alpha value is -5.19. The van der Waals surface area contributed by atoms with Crippen LogP contribution >= 0.6 is 0 Å². The van der Waals surface area contributed by atoms with Crippen LogP contribution in [0.1, 0.15) is 43.6 Å². The van der Waals surface area contributed by atoms with Crippen LogP contribution < -0.4 is 19.7 Å². The van der Waals surface area contributed by atoms with Crippen LogP contribution in [-0.4, -0.2) is 54.6 Å². The number of nitrogens with zero attached hydrogens (tertiary/aromatic N) is 3. The fourth-order valence-electron chi connectivity index (χ4n) is 6.02. The lowest BCUT2D eigenvalue weighted by Gasteiger charge is -2.36. The molecule has 2 amide bonds. The summed E-state index contributed by atoms with van der Waals surface area (Å²) in [5, 5.41) is 3.47. The Morgan fingerprint density at radius 2 is 1.60 bits per heavy atom. The van der Waals surface area contributed by atoms with E-state index in [1.165, 1.54) is 6.07 Å². The van der Waals surface area contributed by atoms with Crippen molar-refractivity contribution in [3.63, 3.8) is 0 Å². The molecule has 0 radical (unpaired) electrons. The fourth-order valence-corrected chi connectivity index (χ4v) is 6.02. The summed E-state index contributed by atoms with van der Waals surface area (Å²) in [5.41, 5.74) is 3.45. The summed E-state index contributed by atoms with van der Waals surface area (Å²) in [4.78, 5) is 32.1. The Labute approximate surface area is 257 Å². The summed E-state index contributed by atoms with van der Waals surface area (Å²) < 4.78 is 50.4. The summed E-state index contributed by atoms with van der Waals surface area (Å²) in [7, 11) is 0. The zero-order valence-corrected chi connectivity index (χ0v) is 24.1. The van der Waals surface area contributed by atoms with Crippen LogP contribution in [-0.2, 0) is 12.7 Å². The monoisotopic (exact) mass is 614 g/mol. The van der Waals surface area contributed by atoms with Crippen molar-refractivity contribution in [3.05, 3.63) is 119 Å². The second-order valence-corrected chi connectivity index (χ2v) is 11.2. The second-order valence-electron chi connectivity index (χ2n) is 11.2. The maximum Gasteiger partial charge on any atom is 0.416 e. The molecule has 0 aliphatic carbocycles. The van der Waals surface area contributed by atoms with Crippen molar-refractivity contribution >= 4 is 23.2 Å². The molecular formula is C34H29F3N4O4. The summed E-state index contributed by atoms with van der Waals surface area (Å²) in [6, 6.07) is 25.5. The summed E-state index contributed by atoms with van der Waals surface area (Å²) in [6.45, 7) is 2.17. The number of amides is 2. The van der Waals surface area contributed by atoms with E-state index in [0.717, 1.165) is 28.9 Å². The standard InChI is InChI=1S/C34H29F3N4O4/c35-34(36,37)24-4-3-5-26(19-24)39-14-16-40(17-15-39)32(42)23-9-11-25(12-10-23)38-31-27-6-1-2-7-28(27)33(43)41(31)20-22-8-13-29-30(18-22)45-21-44-29/h1-13,18-19,31,38H,14-17,20-21H2. The van der Waals surface area contributed by atoms with Gasteiger partial charge in [0.25, 0.3) is 11.8 Å². The first-order valence-corrected chi connectivity index (χ1v) is 14.6.